The minimum Gasteiger partial charge on any atom is -0.481 e. The van der Waals surface area contributed by atoms with E-state index in [-0.39, 0.29) is 11.2 Å². The molecule has 0 radical (unpaired) electrons. The number of fused-ring (bicyclic) bond motifs is 1. The minimum atomic E-state index is -3.29. The minimum absolute atomic E-state index is 0.141. The van der Waals surface area contributed by atoms with Crippen LogP contribution in [-0.2, 0) is 23.1 Å². The molecule has 0 saturated carbocycles. The lowest BCUT2D eigenvalue weighted by molar-refractivity contribution is 0.287. The van der Waals surface area contributed by atoms with Crippen molar-refractivity contribution in [1.29, 1.82) is 0 Å². The highest BCUT2D eigenvalue weighted by molar-refractivity contribution is 7.90. The molecule has 140 valence electrons. The summed E-state index contributed by atoms with van der Waals surface area (Å²) in [5.41, 5.74) is 1.83. The highest BCUT2D eigenvalue weighted by Crippen LogP contribution is 2.35. The van der Waals surface area contributed by atoms with E-state index >= 15 is 0 Å². The molecular formula is C17H22N4O3S2. The number of ether oxygens (including phenoxy) is 1. The SMILES string of the molecule is COc1ncccc1CN1C[C@H]2CN(Cc3csc(C)n3)S(=O)(=O)[C@H]2C1. The molecule has 2 aliphatic heterocycles. The number of nitrogens with zero attached hydrogens (tertiary/aromatic N) is 4. The number of thiazole rings is 1. The third-order valence-electron chi connectivity index (χ3n) is 5.08. The number of hydrogen-bond acceptors (Lipinski definition) is 7. The molecule has 0 aliphatic carbocycles. The monoisotopic (exact) mass is 394 g/mol. The molecule has 4 heterocycles. The number of pyridine rings is 1. The summed E-state index contributed by atoms with van der Waals surface area (Å²) in [6.45, 7) is 4.88. The lowest BCUT2D eigenvalue weighted by Gasteiger charge is -2.21. The van der Waals surface area contributed by atoms with Crippen LogP contribution in [0.25, 0.3) is 0 Å². The van der Waals surface area contributed by atoms with E-state index in [1.54, 1.807) is 28.9 Å². The summed E-state index contributed by atoms with van der Waals surface area (Å²) in [6, 6.07) is 3.86. The number of aryl methyl sites for hydroxylation is 1. The van der Waals surface area contributed by atoms with Crippen molar-refractivity contribution in [3.05, 3.63) is 40.0 Å². The molecule has 2 fully saturated rings. The quantitative estimate of drug-likeness (QED) is 0.765. The van der Waals surface area contributed by atoms with Gasteiger partial charge in [0.05, 0.1) is 29.6 Å². The van der Waals surface area contributed by atoms with Crippen LogP contribution in [-0.4, -0.2) is 59.6 Å². The van der Waals surface area contributed by atoms with E-state index in [9.17, 15) is 8.42 Å². The van der Waals surface area contributed by atoms with Crippen LogP contribution in [0.1, 0.15) is 16.3 Å². The first-order valence-electron chi connectivity index (χ1n) is 8.57. The predicted octanol–water partition coefficient (Wildman–Crippen LogP) is 1.50. The van der Waals surface area contributed by atoms with Crippen LogP contribution in [0.2, 0.25) is 0 Å². The fourth-order valence-electron chi connectivity index (χ4n) is 3.91. The van der Waals surface area contributed by atoms with Gasteiger partial charge in [-0.1, -0.05) is 6.07 Å². The Morgan fingerprint density at radius 1 is 1.31 bits per heavy atom. The Hall–Kier alpha value is -1.55. The lowest BCUT2D eigenvalue weighted by Crippen LogP contribution is -2.34. The maximum absolute atomic E-state index is 12.9. The van der Waals surface area contributed by atoms with Gasteiger partial charge in [0.15, 0.2) is 0 Å². The molecule has 2 aromatic rings. The van der Waals surface area contributed by atoms with Crippen molar-refractivity contribution >= 4 is 21.4 Å². The van der Waals surface area contributed by atoms with Gasteiger partial charge in [0, 0.05) is 49.2 Å². The maximum Gasteiger partial charge on any atom is 0.218 e. The Balaban J connectivity index is 1.45. The van der Waals surface area contributed by atoms with Crippen LogP contribution < -0.4 is 4.74 Å². The second-order valence-electron chi connectivity index (χ2n) is 6.86. The van der Waals surface area contributed by atoms with Crippen molar-refractivity contribution < 1.29 is 13.2 Å². The topological polar surface area (TPSA) is 75.6 Å². The molecule has 26 heavy (non-hydrogen) atoms. The largest absolute Gasteiger partial charge is 0.481 e. The third kappa shape index (κ3) is 3.24. The Morgan fingerprint density at radius 2 is 2.15 bits per heavy atom. The number of hydrogen-bond donors (Lipinski definition) is 0. The smallest absolute Gasteiger partial charge is 0.218 e. The van der Waals surface area contributed by atoms with Crippen LogP contribution in [0.3, 0.4) is 0 Å². The first kappa shape index (κ1) is 17.8. The molecule has 0 amide bonds. The summed E-state index contributed by atoms with van der Waals surface area (Å²) in [5, 5.41) is 2.58. The number of aromatic nitrogens is 2. The van der Waals surface area contributed by atoms with Crippen LogP contribution in [0, 0.1) is 12.8 Å². The molecule has 0 unspecified atom stereocenters. The molecule has 4 rings (SSSR count). The zero-order valence-electron chi connectivity index (χ0n) is 14.8. The molecule has 2 aliphatic rings. The van der Waals surface area contributed by atoms with Crippen molar-refractivity contribution in [3.63, 3.8) is 0 Å². The van der Waals surface area contributed by atoms with E-state index in [1.165, 1.54) is 0 Å². The zero-order valence-corrected chi connectivity index (χ0v) is 16.5. The van der Waals surface area contributed by atoms with Crippen LogP contribution >= 0.6 is 11.3 Å². The van der Waals surface area contributed by atoms with Crippen LogP contribution in [0.15, 0.2) is 23.7 Å². The van der Waals surface area contributed by atoms with E-state index in [2.05, 4.69) is 14.9 Å². The van der Waals surface area contributed by atoms with Gasteiger partial charge in [-0.2, -0.15) is 4.31 Å². The van der Waals surface area contributed by atoms with Crippen molar-refractivity contribution in [1.82, 2.24) is 19.2 Å². The molecule has 0 aromatic carbocycles. The van der Waals surface area contributed by atoms with Crippen molar-refractivity contribution in [2.75, 3.05) is 26.7 Å². The fourth-order valence-corrected chi connectivity index (χ4v) is 6.67. The van der Waals surface area contributed by atoms with E-state index in [4.69, 9.17) is 4.74 Å². The van der Waals surface area contributed by atoms with Crippen LogP contribution in [0.4, 0.5) is 0 Å². The first-order valence-corrected chi connectivity index (χ1v) is 11.0. The third-order valence-corrected chi connectivity index (χ3v) is 8.20. The number of sulfonamides is 1. The van der Waals surface area contributed by atoms with Gasteiger partial charge in [-0.3, -0.25) is 4.90 Å². The van der Waals surface area contributed by atoms with Gasteiger partial charge in [-0.05, 0) is 13.0 Å². The lowest BCUT2D eigenvalue weighted by atomic mass is 10.1. The van der Waals surface area contributed by atoms with Gasteiger partial charge in [-0.15, -0.1) is 11.3 Å². The second-order valence-corrected chi connectivity index (χ2v) is 10.1. The maximum atomic E-state index is 12.9. The number of methoxy groups -OCH3 is 1. The van der Waals surface area contributed by atoms with Gasteiger partial charge in [0.25, 0.3) is 0 Å². The summed E-state index contributed by atoms with van der Waals surface area (Å²) >= 11 is 1.56. The predicted molar refractivity (Wildman–Crippen MR) is 99.5 cm³/mol. The van der Waals surface area contributed by atoms with Gasteiger partial charge in [0.1, 0.15) is 0 Å². The van der Waals surface area contributed by atoms with Gasteiger partial charge < -0.3 is 4.74 Å². The fraction of sp³-hybridized carbons (Fsp3) is 0.529. The molecule has 2 saturated heterocycles. The van der Waals surface area contributed by atoms with Crippen LogP contribution in [0.5, 0.6) is 5.88 Å². The van der Waals surface area contributed by atoms with Crippen molar-refractivity contribution in [3.8, 4) is 5.88 Å². The Bertz CT molecular complexity index is 899. The highest BCUT2D eigenvalue weighted by atomic mass is 32.2. The average molecular weight is 395 g/mol. The summed E-state index contributed by atoms with van der Waals surface area (Å²) < 4.78 is 32.8. The van der Waals surface area contributed by atoms with E-state index in [0.29, 0.717) is 32.1 Å². The number of likely N-dealkylation sites (tertiary alicyclic amines) is 1. The molecule has 2 aromatic heterocycles. The normalized spacial score (nSPS) is 25.5. The highest BCUT2D eigenvalue weighted by Gasteiger charge is 2.50. The molecule has 0 bridgehead atoms. The summed E-state index contributed by atoms with van der Waals surface area (Å²) in [5.74, 6) is 0.746. The van der Waals surface area contributed by atoms with E-state index < -0.39 is 10.0 Å². The number of rotatable bonds is 5. The van der Waals surface area contributed by atoms with Gasteiger partial charge in [0.2, 0.25) is 15.9 Å². The first-order chi connectivity index (χ1) is 12.5. The summed E-state index contributed by atoms with van der Waals surface area (Å²) in [7, 11) is -1.68. The summed E-state index contributed by atoms with van der Waals surface area (Å²) in [4.78, 5) is 10.8. The van der Waals surface area contributed by atoms with Crippen molar-refractivity contribution in [2.24, 2.45) is 5.92 Å². The average Bonchev–Trinajstić information content (AvgIpc) is 3.26. The zero-order chi connectivity index (χ0) is 18.3. The standard InChI is InChI=1S/C17H22N4O3S2/c1-12-19-15(11-25-12)9-21-8-14-7-20(10-16(14)26(21,22)23)6-13-4-3-5-18-17(13)24-2/h3-5,11,14,16H,6-10H2,1-2H3/t14-,16-/m0/s1. The summed E-state index contributed by atoms with van der Waals surface area (Å²) in [6.07, 6.45) is 1.70. The Kier molecular flexibility index (Phi) is 4.72. The van der Waals surface area contributed by atoms with Crippen molar-refractivity contribution in [2.45, 2.75) is 25.3 Å². The van der Waals surface area contributed by atoms with E-state index in [1.807, 2.05) is 24.4 Å². The second kappa shape index (κ2) is 6.88. The van der Waals surface area contributed by atoms with Gasteiger partial charge >= 0.3 is 0 Å². The molecule has 0 spiro atoms. The Morgan fingerprint density at radius 3 is 2.85 bits per heavy atom. The molecule has 9 heteroatoms. The van der Waals surface area contributed by atoms with E-state index in [0.717, 1.165) is 22.8 Å². The van der Waals surface area contributed by atoms with Gasteiger partial charge in [-0.25, -0.2) is 18.4 Å². The molecule has 0 N–H and O–H groups in total. The Labute approximate surface area is 157 Å². The molecule has 7 nitrogen and oxygen atoms in total. The molecular weight excluding hydrogens is 372 g/mol. The molecule has 2 atom stereocenters.